The van der Waals surface area contributed by atoms with E-state index in [1.54, 1.807) is 0 Å². The molecule has 0 heterocycles. The second-order valence-corrected chi connectivity index (χ2v) is 3.51. The Kier molecular flexibility index (Phi) is 5.25. The van der Waals surface area contributed by atoms with Crippen molar-refractivity contribution >= 4 is 6.21 Å². The Bertz CT molecular complexity index is 354. The van der Waals surface area contributed by atoms with Gasteiger partial charge < -0.3 is 0 Å². The molecule has 0 saturated carbocycles. The lowest BCUT2D eigenvalue weighted by atomic mass is 10.1. The van der Waals surface area contributed by atoms with Gasteiger partial charge in [-0.3, -0.25) is 4.99 Å². The third kappa shape index (κ3) is 5.02. The van der Waals surface area contributed by atoms with Crippen molar-refractivity contribution in [1.82, 2.24) is 0 Å². The summed E-state index contributed by atoms with van der Waals surface area (Å²) in [6, 6.07) is 10.1. The first-order valence-corrected chi connectivity index (χ1v) is 5.36. The zero-order valence-corrected chi connectivity index (χ0v) is 9.40. The summed E-state index contributed by atoms with van der Waals surface area (Å²) in [5.74, 6) is 6.70. The molecule has 0 bridgehead atoms. The summed E-state index contributed by atoms with van der Waals surface area (Å²) in [4.78, 5) is 4.25. The van der Waals surface area contributed by atoms with Gasteiger partial charge in [-0.15, -0.1) is 0 Å². The van der Waals surface area contributed by atoms with E-state index in [2.05, 4.69) is 30.7 Å². The molecule has 0 saturated heterocycles. The Hall–Kier alpha value is -1.55. The quantitative estimate of drug-likeness (QED) is 0.524. The molecule has 0 fully saturated rings. The molecule has 1 nitrogen and oxygen atoms in total. The van der Waals surface area contributed by atoms with Gasteiger partial charge in [0.15, 0.2) is 0 Å². The molecule has 0 N–H and O–H groups in total. The molecule has 15 heavy (non-hydrogen) atoms. The minimum Gasteiger partial charge on any atom is -0.280 e. The predicted molar refractivity (Wildman–Crippen MR) is 66.1 cm³/mol. The number of benzene rings is 1. The van der Waals surface area contributed by atoms with Crippen molar-refractivity contribution in [2.24, 2.45) is 10.9 Å². The first-order valence-electron chi connectivity index (χ1n) is 5.36. The van der Waals surface area contributed by atoms with E-state index < -0.39 is 0 Å². The van der Waals surface area contributed by atoms with Crippen LogP contribution in [0.15, 0.2) is 35.3 Å². The summed E-state index contributed by atoms with van der Waals surface area (Å²) in [5, 5.41) is 0. The van der Waals surface area contributed by atoms with E-state index >= 15 is 0 Å². The van der Waals surface area contributed by atoms with Crippen molar-refractivity contribution in [2.45, 2.75) is 20.3 Å². The minimum absolute atomic E-state index is 0.483. The van der Waals surface area contributed by atoms with E-state index in [1.807, 2.05) is 36.5 Å². The molecule has 1 heteroatoms. The van der Waals surface area contributed by atoms with Gasteiger partial charge in [0.2, 0.25) is 0 Å². The third-order valence-corrected chi connectivity index (χ3v) is 2.17. The first-order chi connectivity index (χ1) is 7.33. The van der Waals surface area contributed by atoms with E-state index in [-0.39, 0.29) is 0 Å². The summed E-state index contributed by atoms with van der Waals surface area (Å²) in [7, 11) is 0. The van der Waals surface area contributed by atoms with Crippen LogP contribution in [0, 0.1) is 17.8 Å². The number of hydrogen-bond donors (Lipinski definition) is 0. The van der Waals surface area contributed by atoms with Crippen LogP contribution in [-0.2, 0) is 0 Å². The molecule has 0 aliphatic rings. The van der Waals surface area contributed by atoms with E-state index in [0.29, 0.717) is 12.5 Å². The average Bonchev–Trinajstić information content (AvgIpc) is 2.29. The molecule has 1 unspecified atom stereocenters. The maximum absolute atomic E-state index is 4.25. The Morgan fingerprint density at radius 2 is 2.07 bits per heavy atom. The van der Waals surface area contributed by atoms with Gasteiger partial charge in [-0.1, -0.05) is 56.0 Å². The lowest BCUT2D eigenvalue weighted by molar-refractivity contribution is 0.723. The lowest BCUT2D eigenvalue weighted by Crippen LogP contribution is -1.86. The summed E-state index contributed by atoms with van der Waals surface area (Å²) in [5.41, 5.74) is 1.13. The van der Waals surface area contributed by atoms with Gasteiger partial charge in [0.05, 0.1) is 6.54 Å². The molecule has 0 spiro atoms. The number of nitrogens with zero attached hydrogens (tertiary/aromatic N) is 1. The van der Waals surface area contributed by atoms with Crippen LogP contribution in [0.25, 0.3) is 0 Å². The normalized spacial score (nSPS) is 12.1. The SMILES string of the molecule is CCC(C)C#CC/N=C/c1ccccc1. The van der Waals surface area contributed by atoms with Crippen molar-refractivity contribution in [3.8, 4) is 11.8 Å². The maximum Gasteiger partial charge on any atom is 0.0997 e. The minimum atomic E-state index is 0.483. The highest BCUT2D eigenvalue weighted by atomic mass is 14.7. The topological polar surface area (TPSA) is 12.4 Å². The largest absolute Gasteiger partial charge is 0.280 e. The second-order valence-electron chi connectivity index (χ2n) is 3.51. The highest BCUT2D eigenvalue weighted by Gasteiger charge is 1.87. The fourth-order valence-corrected chi connectivity index (χ4v) is 1.06. The van der Waals surface area contributed by atoms with Gasteiger partial charge in [0.25, 0.3) is 0 Å². The van der Waals surface area contributed by atoms with Crippen molar-refractivity contribution < 1.29 is 0 Å². The van der Waals surface area contributed by atoms with Crippen LogP contribution in [0.2, 0.25) is 0 Å². The van der Waals surface area contributed by atoms with Gasteiger partial charge in [0, 0.05) is 12.1 Å². The molecule has 1 atom stereocenters. The highest BCUT2D eigenvalue weighted by Crippen LogP contribution is 1.96. The number of aliphatic imine (C=N–C) groups is 1. The van der Waals surface area contributed by atoms with Gasteiger partial charge in [0.1, 0.15) is 0 Å². The zero-order chi connectivity index (χ0) is 10.9. The molecule has 0 aromatic heterocycles. The summed E-state index contributed by atoms with van der Waals surface area (Å²) in [6.45, 7) is 4.87. The Morgan fingerprint density at radius 3 is 2.73 bits per heavy atom. The summed E-state index contributed by atoms with van der Waals surface area (Å²) < 4.78 is 0. The van der Waals surface area contributed by atoms with Crippen molar-refractivity contribution in [1.29, 1.82) is 0 Å². The van der Waals surface area contributed by atoms with Crippen LogP contribution in [0.3, 0.4) is 0 Å². The zero-order valence-electron chi connectivity index (χ0n) is 9.40. The Balaban J connectivity index is 2.37. The van der Waals surface area contributed by atoms with Crippen LogP contribution in [0.1, 0.15) is 25.8 Å². The first kappa shape index (κ1) is 11.5. The molecule has 0 amide bonds. The van der Waals surface area contributed by atoms with Crippen LogP contribution < -0.4 is 0 Å². The Morgan fingerprint density at radius 1 is 1.33 bits per heavy atom. The third-order valence-electron chi connectivity index (χ3n) is 2.17. The molecular weight excluding hydrogens is 182 g/mol. The monoisotopic (exact) mass is 199 g/mol. The Labute approximate surface area is 92.2 Å². The molecule has 0 aliphatic heterocycles. The molecule has 1 aromatic rings. The van der Waals surface area contributed by atoms with Crippen LogP contribution in [0.5, 0.6) is 0 Å². The summed E-state index contributed by atoms with van der Waals surface area (Å²) >= 11 is 0. The van der Waals surface area contributed by atoms with Gasteiger partial charge in [-0.2, -0.15) is 0 Å². The average molecular weight is 199 g/mol. The molecule has 1 rings (SSSR count). The van der Waals surface area contributed by atoms with Gasteiger partial charge >= 0.3 is 0 Å². The molecule has 1 aromatic carbocycles. The smallest absolute Gasteiger partial charge is 0.0997 e. The molecule has 0 aliphatic carbocycles. The fourth-order valence-electron chi connectivity index (χ4n) is 1.06. The van der Waals surface area contributed by atoms with Crippen molar-refractivity contribution in [3.63, 3.8) is 0 Å². The second kappa shape index (κ2) is 6.84. The maximum atomic E-state index is 4.25. The number of hydrogen-bond acceptors (Lipinski definition) is 1. The van der Waals surface area contributed by atoms with Crippen LogP contribution >= 0.6 is 0 Å². The van der Waals surface area contributed by atoms with Crippen LogP contribution in [0.4, 0.5) is 0 Å². The fraction of sp³-hybridized carbons (Fsp3) is 0.357. The molecule has 0 radical (unpaired) electrons. The van der Waals surface area contributed by atoms with E-state index in [1.165, 1.54) is 0 Å². The van der Waals surface area contributed by atoms with Gasteiger partial charge in [-0.05, 0) is 12.0 Å². The van der Waals surface area contributed by atoms with E-state index in [9.17, 15) is 0 Å². The predicted octanol–water partition coefficient (Wildman–Crippen LogP) is 3.16. The van der Waals surface area contributed by atoms with E-state index in [0.717, 1.165) is 12.0 Å². The van der Waals surface area contributed by atoms with Crippen molar-refractivity contribution in [2.75, 3.05) is 6.54 Å². The standard InChI is InChI=1S/C14H17N/c1-3-13(2)8-7-11-15-12-14-9-5-4-6-10-14/h4-6,9-10,12-13H,3,11H2,1-2H3/b15-12+. The molecule has 78 valence electrons. The van der Waals surface area contributed by atoms with Gasteiger partial charge in [-0.25, -0.2) is 0 Å². The molecular formula is C14H17N. The van der Waals surface area contributed by atoms with Crippen LogP contribution in [-0.4, -0.2) is 12.8 Å². The van der Waals surface area contributed by atoms with Crippen molar-refractivity contribution in [3.05, 3.63) is 35.9 Å². The summed E-state index contributed by atoms with van der Waals surface area (Å²) in [6.07, 6.45) is 2.97. The highest BCUT2D eigenvalue weighted by molar-refractivity contribution is 5.79. The number of rotatable bonds is 3. The lowest BCUT2D eigenvalue weighted by Gasteiger charge is -1.93. The van der Waals surface area contributed by atoms with E-state index in [4.69, 9.17) is 0 Å².